The summed E-state index contributed by atoms with van der Waals surface area (Å²) in [5.41, 5.74) is 6.56. The summed E-state index contributed by atoms with van der Waals surface area (Å²) < 4.78 is 39.7. The molecule has 0 fully saturated rings. The Morgan fingerprint density at radius 1 is 0.917 bits per heavy atom. The molecule has 1 atom stereocenters. The van der Waals surface area contributed by atoms with E-state index in [1.54, 1.807) is 12.1 Å². The smallest absolute Gasteiger partial charge is 0.316 e. The molecule has 0 unspecified atom stereocenters. The topological polar surface area (TPSA) is 26.0 Å². The molecule has 0 amide bonds. The first-order chi connectivity index (χ1) is 11.4. The molecule has 2 aromatic rings. The molecule has 0 saturated carbocycles. The van der Waals surface area contributed by atoms with Gasteiger partial charge >= 0.3 is 6.18 Å². The minimum Gasteiger partial charge on any atom is -0.316 e. The Hall–Kier alpha value is -1.55. The molecule has 1 nitrogen and oxygen atoms in total. The molecule has 0 aliphatic carbocycles. The molecule has 4 heteroatoms. The Labute approximate surface area is 142 Å². The number of unbranched alkanes of at least 4 members (excludes halogenated alkanes) is 5. The molecular weight excluding hydrogens is 311 g/mol. The van der Waals surface area contributed by atoms with E-state index in [4.69, 9.17) is 5.73 Å². The molecule has 132 valence electrons. The van der Waals surface area contributed by atoms with Crippen molar-refractivity contribution in [2.24, 2.45) is 5.73 Å². The molecule has 0 aromatic heterocycles. The predicted octanol–water partition coefficient (Wildman–Crippen LogP) is 6.30. The summed E-state index contributed by atoms with van der Waals surface area (Å²) in [5.74, 6) is 0. The first kappa shape index (κ1) is 18.8. The van der Waals surface area contributed by atoms with Crippen LogP contribution in [0, 0.1) is 0 Å². The van der Waals surface area contributed by atoms with E-state index in [2.05, 4.69) is 6.92 Å². The van der Waals surface area contributed by atoms with Crippen LogP contribution in [0.1, 0.15) is 62.6 Å². The average Bonchev–Trinajstić information content (AvgIpc) is 2.56. The average molecular weight is 337 g/mol. The first-order valence-electron chi connectivity index (χ1n) is 8.78. The number of hydrogen-bond donors (Lipinski definition) is 1. The van der Waals surface area contributed by atoms with Gasteiger partial charge in [0.15, 0.2) is 0 Å². The van der Waals surface area contributed by atoms with Gasteiger partial charge in [0.05, 0.1) is 0 Å². The van der Waals surface area contributed by atoms with Crippen LogP contribution in [0.15, 0.2) is 36.4 Å². The molecular formula is C20H26F3N. The summed E-state index contributed by atoms with van der Waals surface area (Å²) >= 11 is 0. The van der Waals surface area contributed by atoms with Gasteiger partial charge < -0.3 is 5.73 Å². The molecule has 2 rings (SSSR count). The quantitative estimate of drug-likeness (QED) is 0.562. The van der Waals surface area contributed by atoms with Crippen molar-refractivity contribution in [2.45, 2.75) is 64.1 Å². The second-order valence-electron chi connectivity index (χ2n) is 6.40. The van der Waals surface area contributed by atoms with Crippen LogP contribution in [0.3, 0.4) is 0 Å². The lowest BCUT2D eigenvalue weighted by molar-refractivity contribution is -0.149. The highest BCUT2D eigenvalue weighted by atomic mass is 19.4. The zero-order chi connectivity index (χ0) is 17.6. The van der Waals surface area contributed by atoms with Crippen molar-refractivity contribution in [1.29, 1.82) is 0 Å². The van der Waals surface area contributed by atoms with Gasteiger partial charge in [-0.25, -0.2) is 0 Å². The summed E-state index contributed by atoms with van der Waals surface area (Å²) in [5, 5.41) is 1.42. The highest BCUT2D eigenvalue weighted by Gasteiger charge is 2.39. The van der Waals surface area contributed by atoms with Gasteiger partial charge in [-0.15, -0.1) is 0 Å². The summed E-state index contributed by atoms with van der Waals surface area (Å²) in [6, 6.07) is 8.95. The van der Waals surface area contributed by atoms with E-state index in [-0.39, 0.29) is 5.56 Å². The molecule has 2 N–H and O–H groups in total. The second-order valence-corrected chi connectivity index (χ2v) is 6.40. The summed E-state index contributed by atoms with van der Waals surface area (Å²) in [6.45, 7) is 2.17. The van der Waals surface area contributed by atoms with Gasteiger partial charge in [0.25, 0.3) is 0 Å². The van der Waals surface area contributed by atoms with E-state index in [0.717, 1.165) is 30.2 Å². The van der Waals surface area contributed by atoms with E-state index in [1.165, 1.54) is 19.3 Å². The highest BCUT2D eigenvalue weighted by molar-refractivity contribution is 5.87. The van der Waals surface area contributed by atoms with Crippen LogP contribution >= 0.6 is 0 Å². The van der Waals surface area contributed by atoms with Gasteiger partial charge in [-0.3, -0.25) is 0 Å². The lowest BCUT2D eigenvalue weighted by atomic mass is 9.90. The number of benzene rings is 2. The number of fused-ring (bicyclic) bond motifs is 1. The van der Waals surface area contributed by atoms with Gasteiger partial charge in [-0.2, -0.15) is 13.2 Å². The van der Waals surface area contributed by atoms with E-state index >= 15 is 0 Å². The van der Waals surface area contributed by atoms with Crippen LogP contribution in [0.25, 0.3) is 10.8 Å². The van der Waals surface area contributed by atoms with Crippen LogP contribution in [0.5, 0.6) is 0 Å². The van der Waals surface area contributed by atoms with Gasteiger partial charge in [0, 0.05) is 0 Å². The van der Waals surface area contributed by atoms with Crippen molar-refractivity contribution in [2.75, 3.05) is 0 Å². The van der Waals surface area contributed by atoms with Crippen molar-refractivity contribution in [3.8, 4) is 0 Å². The zero-order valence-electron chi connectivity index (χ0n) is 14.2. The number of halogens is 3. The Morgan fingerprint density at radius 3 is 2.29 bits per heavy atom. The number of rotatable bonds is 8. The normalized spacial score (nSPS) is 13.4. The molecule has 0 radical (unpaired) electrons. The number of alkyl halides is 3. The number of hydrogen-bond acceptors (Lipinski definition) is 1. The Balaban J connectivity index is 2.22. The Morgan fingerprint density at radius 2 is 1.58 bits per heavy atom. The molecule has 2 aromatic carbocycles. The monoisotopic (exact) mass is 337 g/mol. The zero-order valence-corrected chi connectivity index (χ0v) is 14.2. The highest BCUT2D eigenvalue weighted by Crippen LogP contribution is 2.37. The fraction of sp³-hybridized carbons (Fsp3) is 0.500. The standard InChI is InChI=1S/C20H26F3N/c1-2-3-4-5-6-7-11-16-14-13-15-10-8-9-12-17(15)18(16)19(24)20(21,22)23/h8-10,12-14,19H,2-7,11,24H2,1H3/t19-/m0/s1. The van der Waals surface area contributed by atoms with Crippen molar-refractivity contribution < 1.29 is 13.2 Å². The van der Waals surface area contributed by atoms with Crippen molar-refractivity contribution in [1.82, 2.24) is 0 Å². The first-order valence-corrected chi connectivity index (χ1v) is 8.78. The SMILES string of the molecule is CCCCCCCCc1ccc2ccccc2c1[C@H](N)C(F)(F)F. The molecule has 0 spiro atoms. The molecule has 0 aliphatic heterocycles. The minimum absolute atomic E-state index is 0.245. The van der Waals surface area contributed by atoms with Gasteiger partial charge in [-0.05, 0) is 34.7 Å². The third-order valence-electron chi connectivity index (χ3n) is 4.52. The maximum atomic E-state index is 13.2. The lowest BCUT2D eigenvalue weighted by Crippen LogP contribution is -2.29. The van der Waals surface area contributed by atoms with Gasteiger partial charge in [0.2, 0.25) is 0 Å². The Kier molecular flexibility index (Phi) is 6.67. The molecule has 0 heterocycles. The van der Waals surface area contributed by atoms with Crippen LogP contribution in [0.2, 0.25) is 0 Å². The molecule has 0 saturated heterocycles. The number of aryl methyl sites for hydroxylation is 1. The largest absolute Gasteiger partial charge is 0.407 e. The third kappa shape index (κ3) is 4.73. The maximum Gasteiger partial charge on any atom is 0.407 e. The van der Waals surface area contributed by atoms with Crippen LogP contribution in [-0.4, -0.2) is 6.18 Å². The van der Waals surface area contributed by atoms with Crippen LogP contribution < -0.4 is 5.73 Å². The minimum atomic E-state index is -4.43. The van der Waals surface area contributed by atoms with Crippen LogP contribution in [-0.2, 0) is 6.42 Å². The van der Waals surface area contributed by atoms with Gasteiger partial charge in [-0.1, -0.05) is 75.4 Å². The number of nitrogens with two attached hydrogens (primary N) is 1. The van der Waals surface area contributed by atoms with E-state index in [9.17, 15) is 13.2 Å². The fourth-order valence-electron chi connectivity index (χ4n) is 3.19. The molecule has 0 bridgehead atoms. The van der Waals surface area contributed by atoms with E-state index in [0.29, 0.717) is 11.8 Å². The predicted molar refractivity (Wildman–Crippen MR) is 94.0 cm³/mol. The van der Waals surface area contributed by atoms with Crippen molar-refractivity contribution in [3.63, 3.8) is 0 Å². The third-order valence-corrected chi connectivity index (χ3v) is 4.52. The lowest BCUT2D eigenvalue weighted by Gasteiger charge is -2.21. The van der Waals surface area contributed by atoms with Crippen LogP contribution in [0.4, 0.5) is 13.2 Å². The summed E-state index contributed by atoms with van der Waals surface area (Å²) in [4.78, 5) is 0. The fourth-order valence-corrected chi connectivity index (χ4v) is 3.19. The Bertz CT molecular complexity index is 649. The van der Waals surface area contributed by atoms with E-state index < -0.39 is 12.2 Å². The van der Waals surface area contributed by atoms with E-state index in [1.807, 2.05) is 24.3 Å². The second kappa shape index (κ2) is 8.52. The van der Waals surface area contributed by atoms with Crippen molar-refractivity contribution in [3.05, 3.63) is 47.5 Å². The summed E-state index contributed by atoms with van der Waals surface area (Å²) in [6.07, 6.45) is 2.92. The molecule has 24 heavy (non-hydrogen) atoms. The summed E-state index contributed by atoms with van der Waals surface area (Å²) in [7, 11) is 0. The van der Waals surface area contributed by atoms with Crippen molar-refractivity contribution >= 4 is 10.8 Å². The van der Waals surface area contributed by atoms with Gasteiger partial charge in [0.1, 0.15) is 6.04 Å². The maximum absolute atomic E-state index is 13.2. The molecule has 0 aliphatic rings.